The number of halogens is 1. The largest absolute Gasteiger partial charge is 0.477 e. The van der Waals surface area contributed by atoms with Crippen molar-refractivity contribution in [3.8, 4) is 0 Å². The first-order chi connectivity index (χ1) is 11.0. The second kappa shape index (κ2) is 5.53. The lowest BCUT2D eigenvalue weighted by atomic mass is 10.2. The van der Waals surface area contributed by atoms with E-state index in [1.54, 1.807) is 6.07 Å². The van der Waals surface area contributed by atoms with Gasteiger partial charge in [0.05, 0.1) is 10.4 Å². The van der Waals surface area contributed by atoms with E-state index in [4.69, 9.17) is 0 Å². The van der Waals surface area contributed by atoms with Gasteiger partial charge in [-0.15, -0.1) is 0 Å². The number of aromatic nitrogens is 1. The van der Waals surface area contributed by atoms with Crippen LogP contribution >= 0.6 is 0 Å². The Hall–Kier alpha value is -3.22. The molecular formula is C16H11FN2O4. The van der Waals surface area contributed by atoms with Gasteiger partial charge in [-0.1, -0.05) is 12.1 Å². The summed E-state index contributed by atoms with van der Waals surface area (Å²) in [4.78, 5) is 21.7. The zero-order valence-electron chi connectivity index (χ0n) is 11.8. The van der Waals surface area contributed by atoms with Crippen molar-refractivity contribution in [3.63, 3.8) is 0 Å². The Balaban J connectivity index is 2.13. The summed E-state index contributed by atoms with van der Waals surface area (Å²) < 4.78 is 14.9. The number of non-ortho nitro benzene ring substituents is 1. The van der Waals surface area contributed by atoms with Gasteiger partial charge in [-0.2, -0.15) is 0 Å². The average molecular weight is 314 g/mol. The highest BCUT2D eigenvalue weighted by Gasteiger charge is 2.16. The summed E-state index contributed by atoms with van der Waals surface area (Å²) in [5, 5.41) is 20.8. The molecule has 116 valence electrons. The summed E-state index contributed by atoms with van der Waals surface area (Å²) in [5.74, 6) is -1.63. The Morgan fingerprint density at radius 1 is 1.22 bits per heavy atom. The maximum atomic E-state index is 13.5. The number of rotatable bonds is 4. The predicted octanol–water partition coefficient (Wildman–Crippen LogP) is 3.44. The van der Waals surface area contributed by atoms with E-state index in [-0.39, 0.29) is 17.9 Å². The maximum absolute atomic E-state index is 13.5. The summed E-state index contributed by atoms with van der Waals surface area (Å²) >= 11 is 0. The lowest BCUT2D eigenvalue weighted by molar-refractivity contribution is -0.384. The summed E-state index contributed by atoms with van der Waals surface area (Å²) in [6.45, 7) is 0.0935. The van der Waals surface area contributed by atoms with Gasteiger partial charge in [0.1, 0.15) is 11.5 Å². The Morgan fingerprint density at radius 3 is 2.70 bits per heavy atom. The predicted molar refractivity (Wildman–Crippen MR) is 81.1 cm³/mol. The van der Waals surface area contributed by atoms with Gasteiger partial charge in [-0.25, -0.2) is 9.18 Å². The number of hydrogen-bond acceptors (Lipinski definition) is 3. The number of nitro benzene ring substituents is 1. The zero-order chi connectivity index (χ0) is 16.6. The van der Waals surface area contributed by atoms with Gasteiger partial charge in [0.25, 0.3) is 5.69 Å². The number of carboxylic acid groups (broad SMARTS) is 1. The van der Waals surface area contributed by atoms with Gasteiger partial charge in [0, 0.05) is 24.1 Å². The molecule has 6 nitrogen and oxygen atoms in total. The number of benzene rings is 2. The number of hydrogen-bond donors (Lipinski definition) is 1. The highest BCUT2D eigenvalue weighted by Crippen LogP contribution is 2.23. The van der Waals surface area contributed by atoms with E-state index in [1.807, 2.05) is 0 Å². The van der Waals surface area contributed by atoms with Crippen molar-refractivity contribution < 1.29 is 19.2 Å². The Labute approximate surface area is 129 Å². The maximum Gasteiger partial charge on any atom is 0.352 e. The molecule has 3 aromatic rings. The molecule has 0 atom stereocenters. The van der Waals surface area contributed by atoms with E-state index in [1.165, 1.54) is 47.0 Å². The van der Waals surface area contributed by atoms with Crippen LogP contribution in [-0.2, 0) is 6.54 Å². The first-order valence-electron chi connectivity index (χ1n) is 6.71. The number of aromatic carboxylic acids is 1. The van der Waals surface area contributed by atoms with Crippen LogP contribution in [0.2, 0.25) is 0 Å². The molecule has 23 heavy (non-hydrogen) atoms. The van der Waals surface area contributed by atoms with Crippen LogP contribution < -0.4 is 0 Å². The van der Waals surface area contributed by atoms with Crippen molar-refractivity contribution in [1.82, 2.24) is 4.57 Å². The van der Waals surface area contributed by atoms with Gasteiger partial charge in [-0.3, -0.25) is 10.1 Å². The van der Waals surface area contributed by atoms with E-state index >= 15 is 0 Å². The second-order valence-corrected chi connectivity index (χ2v) is 5.05. The molecule has 0 aliphatic carbocycles. The van der Waals surface area contributed by atoms with Gasteiger partial charge >= 0.3 is 5.97 Å². The Kier molecular flexibility index (Phi) is 3.53. The SMILES string of the molecule is O=C(O)c1cc2ccc(F)cc2n1Cc1cccc([N+](=O)[O-])c1. The topological polar surface area (TPSA) is 85.4 Å². The molecule has 0 fully saturated rings. The van der Waals surface area contributed by atoms with Crippen molar-refractivity contribution in [2.75, 3.05) is 0 Å². The fourth-order valence-corrected chi connectivity index (χ4v) is 2.53. The van der Waals surface area contributed by atoms with Gasteiger partial charge < -0.3 is 9.67 Å². The van der Waals surface area contributed by atoms with Crippen molar-refractivity contribution in [2.45, 2.75) is 6.54 Å². The molecule has 0 saturated heterocycles. The average Bonchev–Trinajstić information content (AvgIpc) is 2.86. The van der Waals surface area contributed by atoms with Crippen LogP contribution in [0.4, 0.5) is 10.1 Å². The number of nitro groups is 1. The molecule has 0 amide bonds. The molecule has 0 saturated carbocycles. The third kappa shape index (κ3) is 2.76. The first kappa shape index (κ1) is 14.7. The minimum absolute atomic E-state index is 0.00268. The van der Waals surface area contributed by atoms with Crippen LogP contribution in [0.25, 0.3) is 10.9 Å². The smallest absolute Gasteiger partial charge is 0.352 e. The molecule has 0 bridgehead atoms. The van der Waals surface area contributed by atoms with E-state index in [0.29, 0.717) is 16.5 Å². The van der Waals surface area contributed by atoms with E-state index in [2.05, 4.69) is 0 Å². The first-order valence-corrected chi connectivity index (χ1v) is 6.71. The standard InChI is InChI=1S/C16H11FN2O4/c17-12-5-4-11-7-15(16(20)21)18(14(11)8-12)9-10-2-1-3-13(6-10)19(22)23/h1-8H,9H2,(H,20,21). The quantitative estimate of drug-likeness (QED) is 0.590. The van der Waals surface area contributed by atoms with Crippen molar-refractivity contribution >= 4 is 22.6 Å². The highest BCUT2D eigenvalue weighted by molar-refractivity contribution is 5.94. The number of carbonyl (C=O) groups is 1. The minimum atomic E-state index is -1.15. The summed E-state index contributed by atoms with van der Waals surface area (Å²) in [6.07, 6.45) is 0. The van der Waals surface area contributed by atoms with Crippen molar-refractivity contribution in [2.24, 2.45) is 0 Å². The van der Waals surface area contributed by atoms with Crippen molar-refractivity contribution in [1.29, 1.82) is 0 Å². The number of nitrogens with zero attached hydrogens (tertiary/aromatic N) is 2. The lowest BCUT2D eigenvalue weighted by Gasteiger charge is -2.08. The minimum Gasteiger partial charge on any atom is -0.477 e. The van der Waals surface area contributed by atoms with E-state index < -0.39 is 16.7 Å². The molecular weight excluding hydrogens is 303 g/mol. The third-order valence-corrected chi connectivity index (χ3v) is 3.55. The van der Waals surface area contributed by atoms with E-state index in [0.717, 1.165) is 0 Å². The molecule has 3 rings (SSSR count). The van der Waals surface area contributed by atoms with Crippen LogP contribution in [0, 0.1) is 15.9 Å². The fourth-order valence-electron chi connectivity index (χ4n) is 2.53. The molecule has 0 radical (unpaired) electrons. The van der Waals surface area contributed by atoms with Gasteiger partial charge in [-0.05, 0) is 29.8 Å². The summed E-state index contributed by atoms with van der Waals surface area (Å²) in [5.41, 5.74) is 0.900. The van der Waals surface area contributed by atoms with Crippen LogP contribution in [0.3, 0.4) is 0 Å². The molecule has 0 spiro atoms. The molecule has 1 aromatic heterocycles. The third-order valence-electron chi connectivity index (χ3n) is 3.55. The molecule has 1 N–H and O–H groups in total. The fraction of sp³-hybridized carbons (Fsp3) is 0.0625. The molecule has 0 aliphatic heterocycles. The van der Waals surface area contributed by atoms with Crippen molar-refractivity contribution in [3.05, 3.63) is 75.7 Å². The molecule has 0 unspecified atom stereocenters. The van der Waals surface area contributed by atoms with Gasteiger partial charge in [0.2, 0.25) is 0 Å². The normalized spacial score (nSPS) is 10.8. The molecule has 7 heteroatoms. The summed E-state index contributed by atoms with van der Waals surface area (Å²) in [7, 11) is 0. The molecule has 1 heterocycles. The number of fused-ring (bicyclic) bond motifs is 1. The molecule has 0 aliphatic rings. The Morgan fingerprint density at radius 2 is 2.00 bits per heavy atom. The molecule has 2 aromatic carbocycles. The van der Waals surface area contributed by atoms with Crippen LogP contribution in [-0.4, -0.2) is 20.6 Å². The van der Waals surface area contributed by atoms with E-state index in [9.17, 15) is 24.4 Å². The second-order valence-electron chi connectivity index (χ2n) is 5.05. The zero-order valence-corrected chi connectivity index (χ0v) is 11.8. The highest BCUT2D eigenvalue weighted by atomic mass is 19.1. The van der Waals surface area contributed by atoms with Crippen LogP contribution in [0.1, 0.15) is 16.1 Å². The van der Waals surface area contributed by atoms with Crippen LogP contribution in [0.15, 0.2) is 48.5 Å². The Bertz CT molecular complexity index is 933. The lowest BCUT2D eigenvalue weighted by Crippen LogP contribution is -2.09. The number of carboxylic acids is 1. The van der Waals surface area contributed by atoms with Gasteiger partial charge in [0.15, 0.2) is 0 Å². The van der Waals surface area contributed by atoms with Crippen LogP contribution in [0.5, 0.6) is 0 Å². The monoisotopic (exact) mass is 314 g/mol. The summed E-state index contributed by atoms with van der Waals surface area (Å²) in [6, 6.07) is 11.4.